The maximum absolute atomic E-state index is 10.7. The number of aromatic nitrogens is 1. The number of nitrogens with zero attached hydrogens (tertiary/aromatic N) is 1. The number of carbonyl (C=O) groups is 1. The second-order valence-corrected chi connectivity index (χ2v) is 4.80. The summed E-state index contributed by atoms with van der Waals surface area (Å²) in [6, 6.07) is 1.57. The largest absolute Gasteiger partial charge is 0.392 e. The molecule has 0 aliphatic carbocycles. The van der Waals surface area contributed by atoms with Gasteiger partial charge in [-0.15, -0.1) is 0 Å². The Morgan fingerprint density at radius 3 is 2.76 bits per heavy atom. The molecule has 0 saturated heterocycles. The highest BCUT2D eigenvalue weighted by atomic mass is 32.2. The molecule has 0 aromatic carbocycles. The van der Waals surface area contributed by atoms with Gasteiger partial charge in [-0.2, -0.15) is 0 Å². The SMILES string of the molecule is CC(=O)SCC(O)C(O)c1cncc(CO)c1. The van der Waals surface area contributed by atoms with Crippen LogP contribution in [0.25, 0.3) is 0 Å². The second kappa shape index (κ2) is 6.70. The van der Waals surface area contributed by atoms with Gasteiger partial charge in [0.15, 0.2) is 5.12 Å². The fourth-order valence-corrected chi connectivity index (χ4v) is 1.86. The van der Waals surface area contributed by atoms with E-state index in [2.05, 4.69) is 4.98 Å². The Morgan fingerprint density at radius 2 is 2.18 bits per heavy atom. The van der Waals surface area contributed by atoms with E-state index in [0.717, 1.165) is 11.8 Å². The summed E-state index contributed by atoms with van der Waals surface area (Å²) < 4.78 is 0. The summed E-state index contributed by atoms with van der Waals surface area (Å²) in [4.78, 5) is 14.6. The number of hydrogen-bond acceptors (Lipinski definition) is 6. The first-order valence-corrected chi connectivity index (χ1v) is 6.07. The lowest BCUT2D eigenvalue weighted by Crippen LogP contribution is -2.21. The predicted molar refractivity (Wildman–Crippen MR) is 64.3 cm³/mol. The molecule has 0 bridgehead atoms. The predicted octanol–water partition coefficient (Wildman–Crippen LogP) is 0.248. The van der Waals surface area contributed by atoms with Crippen molar-refractivity contribution in [2.75, 3.05) is 5.75 Å². The zero-order valence-electron chi connectivity index (χ0n) is 9.41. The van der Waals surface area contributed by atoms with Gasteiger partial charge in [0, 0.05) is 30.6 Å². The van der Waals surface area contributed by atoms with Gasteiger partial charge in [-0.05, 0) is 11.6 Å². The summed E-state index contributed by atoms with van der Waals surface area (Å²) in [5.74, 6) is 0.125. The highest BCUT2D eigenvalue weighted by Gasteiger charge is 2.19. The highest BCUT2D eigenvalue weighted by Crippen LogP contribution is 2.20. The molecular weight excluding hydrogens is 242 g/mol. The lowest BCUT2D eigenvalue weighted by molar-refractivity contribution is -0.109. The van der Waals surface area contributed by atoms with Crippen LogP contribution in [0.2, 0.25) is 0 Å². The Morgan fingerprint density at radius 1 is 1.47 bits per heavy atom. The lowest BCUT2D eigenvalue weighted by atomic mass is 10.1. The average molecular weight is 257 g/mol. The van der Waals surface area contributed by atoms with E-state index in [0.29, 0.717) is 11.1 Å². The summed E-state index contributed by atoms with van der Waals surface area (Å²) in [6.07, 6.45) is 0.749. The summed E-state index contributed by atoms with van der Waals surface area (Å²) in [5, 5.41) is 28.3. The minimum atomic E-state index is -1.11. The Kier molecular flexibility index (Phi) is 5.57. The molecule has 94 valence electrons. The van der Waals surface area contributed by atoms with Gasteiger partial charge in [-0.1, -0.05) is 11.8 Å². The van der Waals surface area contributed by atoms with Crippen LogP contribution in [0.4, 0.5) is 0 Å². The van der Waals surface area contributed by atoms with Gasteiger partial charge < -0.3 is 15.3 Å². The smallest absolute Gasteiger partial charge is 0.185 e. The topological polar surface area (TPSA) is 90.7 Å². The Balaban J connectivity index is 2.66. The molecule has 0 aliphatic rings. The Bertz CT molecular complexity index is 385. The number of aliphatic hydroxyl groups excluding tert-OH is 3. The van der Waals surface area contributed by atoms with E-state index in [1.165, 1.54) is 19.3 Å². The number of aliphatic hydroxyl groups is 3. The van der Waals surface area contributed by atoms with Gasteiger partial charge in [0.05, 0.1) is 12.7 Å². The van der Waals surface area contributed by atoms with Gasteiger partial charge in [0.2, 0.25) is 0 Å². The van der Waals surface area contributed by atoms with Crippen LogP contribution in [0.1, 0.15) is 24.2 Å². The van der Waals surface area contributed by atoms with Crippen LogP contribution in [-0.4, -0.2) is 37.3 Å². The third kappa shape index (κ3) is 4.43. The fourth-order valence-electron chi connectivity index (χ4n) is 1.27. The lowest BCUT2D eigenvalue weighted by Gasteiger charge is -2.17. The van der Waals surface area contributed by atoms with Crippen molar-refractivity contribution in [3.8, 4) is 0 Å². The molecule has 0 spiro atoms. The van der Waals surface area contributed by atoms with E-state index in [4.69, 9.17) is 5.11 Å². The Labute approximate surface area is 104 Å². The minimum Gasteiger partial charge on any atom is -0.392 e. The third-order valence-corrected chi connectivity index (χ3v) is 3.08. The summed E-state index contributed by atoms with van der Waals surface area (Å²) in [7, 11) is 0. The quantitative estimate of drug-likeness (QED) is 0.700. The van der Waals surface area contributed by atoms with Crippen LogP contribution < -0.4 is 0 Å². The first-order valence-electron chi connectivity index (χ1n) is 5.08. The number of rotatable bonds is 5. The van der Waals surface area contributed by atoms with Gasteiger partial charge in [-0.25, -0.2) is 0 Å². The molecule has 2 atom stereocenters. The first-order chi connectivity index (χ1) is 8.04. The third-order valence-electron chi connectivity index (χ3n) is 2.16. The monoisotopic (exact) mass is 257 g/mol. The van der Waals surface area contributed by atoms with Crippen LogP contribution in [0.5, 0.6) is 0 Å². The molecule has 3 N–H and O–H groups in total. The maximum Gasteiger partial charge on any atom is 0.185 e. The number of carbonyl (C=O) groups excluding carboxylic acids is 1. The molecule has 0 saturated carbocycles. The van der Waals surface area contributed by atoms with E-state index >= 15 is 0 Å². The Hall–Kier alpha value is -0.950. The van der Waals surface area contributed by atoms with Crippen molar-refractivity contribution >= 4 is 16.9 Å². The van der Waals surface area contributed by atoms with E-state index in [1.807, 2.05) is 0 Å². The molecule has 2 unspecified atom stereocenters. The van der Waals surface area contributed by atoms with Crippen molar-refractivity contribution in [1.29, 1.82) is 0 Å². The van der Waals surface area contributed by atoms with E-state index in [9.17, 15) is 15.0 Å². The average Bonchev–Trinajstić information content (AvgIpc) is 2.35. The van der Waals surface area contributed by atoms with Crippen molar-refractivity contribution in [2.45, 2.75) is 25.7 Å². The van der Waals surface area contributed by atoms with Crippen molar-refractivity contribution < 1.29 is 20.1 Å². The molecule has 1 aromatic heterocycles. The van der Waals surface area contributed by atoms with E-state index < -0.39 is 12.2 Å². The van der Waals surface area contributed by atoms with Crippen molar-refractivity contribution in [3.63, 3.8) is 0 Å². The molecule has 0 amide bonds. The van der Waals surface area contributed by atoms with Crippen molar-refractivity contribution in [2.24, 2.45) is 0 Å². The summed E-state index contributed by atoms with van der Waals surface area (Å²) in [5.41, 5.74) is 0.987. The maximum atomic E-state index is 10.7. The van der Waals surface area contributed by atoms with Gasteiger partial charge in [0.25, 0.3) is 0 Å². The molecule has 17 heavy (non-hydrogen) atoms. The number of pyridine rings is 1. The molecule has 0 fully saturated rings. The fraction of sp³-hybridized carbons (Fsp3) is 0.455. The van der Waals surface area contributed by atoms with Crippen LogP contribution in [-0.2, 0) is 11.4 Å². The molecular formula is C11H15NO4S. The minimum absolute atomic E-state index is 0.113. The van der Waals surface area contributed by atoms with Crippen molar-refractivity contribution in [1.82, 2.24) is 4.98 Å². The van der Waals surface area contributed by atoms with E-state index in [1.54, 1.807) is 6.07 Å². The molecule has 1 rings (SSSR count). The standard InChI is InChI=1S/C11H15NO4S/c1-7(14)17-6-10(15)11(16)9-2-8(5-13)3-12-4-9/h2-4,10-11,13,15-16H,5-6H2,1H3. The van der Waals surface area contributed by atoms with Gasteiger partial charge in [0.1, 0.15) is 6.10 Å². The van der Waals surface area contributed by atoms with Gasteiger partial charge in [-0.3, -0.25) is 9.78 Å². The molecule has 1 aromatic rings. The second-order valence-electron chi connectivity index (χ2n) is 3.60. The van der Waals surface area contributed by atoms with Crippen LogP contribution in [0.15, 0.2) is 18.5 Å². The van der Waals surface area contributed by atoms with E-state index in [-0.39, 0.29) is 17.5 Å². The van der Waals surface area contributed by atoms with Crippen LogP contribution in [0, 0.1) is 0 Å². The molecule has 0 aliphatic heterocycles. The summed E-state index contributed by atoms with van der Waals surface area (Å²) >= 11 is 0.954. The first kappa shape index (κ1) is 14.1. The van der Waals surface area contributed by atoms with Crippen molar-refractivity contribution in [3.05, 3.63) is 29.6 Å². The molecule has 5 nitrogen and oxygen atoms in total. The zero-order chi connectivity index (χ0) is 12.8. The number of thioether (sulfide) groups is 1. The number of hydrogen-bond donors (Lipinski definition) is 3. The van der Waals surface area contributed by atoms with Gasteiger partial charge >= 0.3 is 0 Å². The normalized spacial score (nSPS) is 14.4. The molecule has 1 heterocycles. The zero-order valence-corrected chi connectivity index (χ0v) is 10.2. The molecule has 0 radical (unpaired) electrons. The van der Waals surface area contributed by atoms with Crippen LogP contribution >= 0.6 is 11.8 Å². The summed E-state index contributed by atoms with van der Waals surface area (Å²) in [6.45, 7) is 1.23. The molecule has 6 heteroatoms. The van der Waals surface area contributed by atoms with Crippen LogP contribution in [0.3, 0.4) is 0 Å². The highest BCUT2D eigenvalue weighted by molar-refractivity contribution is 8.13.